The summed E-state index contributed by atoms with van der Waals surface area (Å²) in [6.07, 6.45) is 0. The Hall–Kier alpha value is -0.710. The van der Waals surface area contributed by atoms with Crippen LogP contribution < -0.4 is 5.32 Å². The zero-order chi connectivity index (χ0) is 10.7. The van der Waals surface area contributed by atoms with Gasteiger partial charge in [-0.2, -0.15) is 0 Å². The summed E-state index contributed by atoms with van der Waals surface area (Å²) < 4.78 is 26.0. The molecule has 0 saturated carbocycles. The van der Waals surface area contributed by atoms with Crippen molar-refractivity contribution in [2.24, 2.45) is 0 Å². The van der Waals surface area contributed by atoms with Crippen LogP contribution in [0.15, 0.2) is 12.1 Å². The summed E-state index contributed by atoms with van der Waals surface area (Å²) in [4.78, 5) is 0. The van der Waals surface area contributed by atoms with Gasteiger partial charge in [0.25, 0.3) is 0 Å². The molecule has 78 valence electrons. The summed E-state index contributed by atoms with van der Waals surface area (Å²) in [6, 6.07) is 1.71. The first-order valence-electron chi connectivity index (χ1n) is 4.02. The molecule has 2 nitrogen and oxygen atoms in total. The number of nitrogens with one attached hydrogen (secondary N) is 1. The molecule has 14 heavy (non-hydrogen) atoms. The molecule has 0 saturated heterocycles. The van der Waals surface area contributed by atoms with Crippen LogP contribution in [0, 0.1) is 11.6 Å². The van der Waals surface area contributed by atoms with E-state index in [9.17, 15) is 8.78 Å². The number of benzene rings is 1. The van der Waals surface area contributed by atoms with E-state index in [1.54, 1.807) is 7.05 Å². The summed E-state index contributed by atoms with van der Waals surface area (Å²) in [5.41, 5.74) is 0.328. The molecule has 2 N–H and O–H groups in total. The average Bonchev–Trinajstić information content (AvgIpc) is 2.16. The van der Waals surface area contributed by atoms with Gasteiger partial charge in [-0.1, -0.05) is 11.6 Å². The van der Waals surface area contributed by atoms with Crippen LogP contribution in [-0.2, 0) is 0 Å². The van der Waals surface area contributed by atoms with Gasteiger partial charge < -0.3 is 10.4 Å². The number of hydrogen-bond donors (Lipinski definition) is 2. The Balaban J connectivity index is 3.11. The number of likely N-dealkylation sites (N-methyl/N-ethyl adjacent to an activating group) is 1. The first-order chi connectivity index (χ1) is 6.60. The van der Waals surface area contributed by atoms with Gasteiger partial charge in [0, 0.05) is 0 Å². The predicted molar refractivity (Wildman–Crippen MR) is 50.3 cm³/mol. The molecule has 1 aromatic rings. The summed E-state index contributed by atoms with van der Waals surface area (Å²) in [6.45, 7) is -0.239. The van der Waals surface area contributed by atoms with E-state index >= 15 is 0 Å². The van der Waals surface area contributed by atoms with Crippen molar-refractivity contribution in [3.05, 3.63) is 34.4 Å². The fraction of sp³-hybridized carbons (Fsp3) is 0.333. The molecule has 0 amide bonds. The van der Waals surface area contributed by atoms with Gasteiger partial charge in [-0.05, 0) is 24.7 Å². The van der Waals surface area contributed by atoms with Crippen LogP contribution in [0.5, 0.6) is 0 Å². The highest BCUT2D eigenvalue weighted by molar-refractivity contribution is 6.30. The summed E-state index contributed by atoms with van der Waals surface area (Å²) >= 11 is 5.31. The molecule has 1 atom stereocenters. The Morgan fingerprint density at radius 2 is 1.93 bits per heavy atom. The van der Waals surface area contributed by atoms with E-state index in [1.165, 1.54) is 0 Å². The molecule has 0 aliphatic carbocycles. The maximum absolute atomic E-state index is 13.0. The van der Waals surface area contributed by atoms with E-state index < -0.39 is 22.7 Å². The number of aliphatic hydroxyl groups excluding tert-OH is 1. The highest BCUT2D eigenvalue weighted by Crippen LogP contribution is 2.23. The summed E-state index contributed by atoms with van der Waals surface area (Å²) in [7, 11) is 1.59. The van der Waals surface area contributed by atoms with Crippen LogP contribution in [0.25, 0.3) is 0 Å². The van der Waals surface area contributed by atoms with Crippen molar-refractivity contribution in [2.75, 3.05) is 13.7 Å². The molecule has 0 fully saturated rings. The topological polar surface area (TPSA) is 32.3 Å². The van der Waals surface area contributed by atoms with E-state index in [2.05, 4.69) is 5.32 Å². The highest BCUT2D eigenvalue weighted by Gasteiger charge is 2.14. The van der Waals surface area contributed by atoms with E-state index in [-0.39, 0.29) is 6.61 Å². The molecule has 0 unspecified atom stereocenters. The van der Waals surface area contributed by atoms with Crippen molar-refractivity contribution < 1.29 is 13.9 Å². The minimum atomic E-state index is -0.824. The highest BCUT2D eigenvalue weighted by atomic mass is 35.5. The third-order valence-corrected chi connectivity index (χ3v) is 2.30. The average molecular weight is 222 g/mol. The van der Waals surface area contributed by atoms with Crippen LogP contribution in [0.2, 0.25) is 5.02 Å². The molecule has 0 radical (unpaired) electrons. The normalized spacial score (nSPS) is 12.9. The first kappa shape index (κ1) is 11.4. The van der Waals surface area contributed by atoms with Crippen molar-refractivity contribution in [2.45, 2.75) is 6.04 Å². The van der Waals surface area contributed by atoms with Crippen LogP contribution >= 0.6 is 11.6 Å². The number of rotatable bonds is 3. The smallest absolute Gasteiger partial charge is 0.145 e. The minimum absolute atomic E-state index is 0.239. The molecule has 0 aromatic heterocycles. The summed E-state index contributed by atoms with van der Waals surface area (Å²) in [5, 5.41) is 11.1. The van der Waals surface area contributed by atoms with Crippen molar-refractivity contribution in [1.82, 2.24) is 5.32 Å². The first-order valence-corrected chi connectivity index (χ1v) is 4.40. The van der Waals surface area contributed by atoms with Gasteiger partial charge in [-0.3, -0.25) is 0 Å². The van der Waals surface area contributed by atoms with Crippen molar-refractivity contribution in [1.29, 1.82) is 0 Å². The Morgan fingerprint density at radius 1 is 1.43 bits per heavy atom. The molecule has 0 bridgehead atoms. The third kappa shape index (κ3) is 2.20. The van der Waals surface area contributed by atoms with E-state index in [4.69, 9.17) is 16.7 Å². The molecular weight excluding hydrogens is 212 g/mol. The van der Waals surface area contributed by atoms with Gasteiger partial charge >= 0.3 is 0 Å². The lowest BCUT2D eigenvalue weighted by atomic mass is 10.1. The second-order valence-electron chi connectivity index (χ2n) is 2.82. The molecule has 5 heteroatoms. The molecule has 0 aliphatic heterocycles. The van der Waals surface area contributed by atoms with Crippen LogP contribution in [0.4, 0.5) is 8.78 Å². The van der Waals surface area contributed by atoms with Gasteiger partial charge in [-0.15, -0.1) is 0 Å². The minimum Gasteiger partial charge on any atom is -0.394 e. The fourth-order valence-corrected chi connectivity index (χ4v) is 1.25. The van der Waals surface area contributed by atoms with E-state index in [0.717, 1.165) is 12.1 Å². The Kier molecular flexibility index (Phi) is 3.80. The molecule has 0 spiro atoms. The lowest BCUT2D eigenvalue weighted by Gasteiger charge is -2.13. The molecular formula is C9H10ClF2NO. The SMILES string of the molecule is CN[C@H](CO)c1cc(F)c(Cl)c(F)c1. The maximum atomic E-state index is 13.0. The van der Waals surface area contributed by atoms with E-state index in [0.29, 0.717) is 5.56 Å². The van der Waals surface area contributed by atoms with Crippen LogP contribution in [-0.4, -0.2) is 18.8 Å². The molecule has 1 rings (SSSR count). The van der Waals surface area contributed by atoms with Gasteiger partial charge in [0.15, 0.2) is 0 Å². The monoisotopic (exact) mass is 221 g/mol. The fourth-order valence-electron chi connectivity index (χ4n) is 1.14. The quantitative estimate of drug-likeness (QED) is 0.764. The Morgan fingerprint density at radius 3 is 2.29 bits per heavy atom. The van der Waals surface area contributed by atoms with Gasteiger partial charge in [0.05, 0.1) is 12.6 Å². The number of aliphatic hydroxyl groups is 1. The van der Waals surface area contributed by atoms with Crippen LogP contribution in [0.1, 0.15) is 11.6 Å². The largest absolute Gasteiger partial charge is 0.394 e. The number of halogens is 3. The summed E-state index contributed by atoms with van der Waals surface area (Å²) in [5.74, 6) is -1.65. The Bertz CT molecular complexity index is 306. The predicted octanol–water partition coefficient (Wildman–Crippen LogP) is 1.87. The second-order valence-corrected chi connectivity index (χ2v) is 3.20. The van der Waals surface area contributed by atoms with Gasteiger partial charge in [0.2, 0.25) is 0 Å². The van der Waals surface area contributed by atoms with Crippen LogP contribution in [0.3, 0.4) is 0 Å². The Labute approximate surface area is 85.5 Å². The number of hydrogen-bond acceptors (Lipinski definition) is 2. The zero-order valence-corrected chi connectivity index (χ0v) is 8.28. The lowest BCUT2D eigenvalue weighted by molar-refractivity contribution is 0.250. The molecule has 0 aliphatic rings. The maximum Gasteiger partial charge on any atom is 0.145 e. The van der Waals surface area contributed by atoms with Crippen molar-refractivity contribution >= 4 is 11.6 Å². The van der Waals surface area contributed by atoms with Gasteiger partial charge in [-0.25, -0.2) is 8.78 Å². The third-order valence-electron chi connectivity index (χ3n) is 1.94. The van der Waals surface area contributed by atoms with Gasteiger partial charge in [0.1, 0.15) is 16.7 Å². The van der Waals surface area contributed by atoms with Crippen molar-refractivity contribution in [3.8, 4) is 0 Å². The zero-order valence-electron chi connectivity index (χ0n) is 7.52. The second kappa shape index (κ2) is 4.68. The van der Waals surface area contributed by atoms with Crippen molar-refractivity contribution in [3.63, 3.8) is 0 Å². The lowest BCUT2D eigenvalue weighted by Crippen LogP contribution is -2.20. The molecule has 1 aromatic carbocycles. The standard InChI is InChI=1S/C9H10ClF2NO/c1-13-8(4-14)5-2-6(11)9(10)7(12)3-5/h2-3,8,13-14H,4H2,1H3/t8-/m1/s1. The molecule has 0 heterocycles. The van der Waals surface area contributed by atoms with E-state index in [1.807, 2.05) is 0 Å².